The van der Waals surface area contributed by atoms with Gasteiger partial charge in [0.05, 0.1) is 24.9 Å². The molecule has 2 fully saturated rings. The normalized spacial score (nSPS) is 31.5. The van der Waals surface area contributed by atoms with E-state index in [1.165, 1.54) is 64.2 Å². The summed E-state index contributed by atoms with van der Waals surface area (Å²) in [5, 5.41) is 8.90. The highest BCUT2D eigenvalue weighted by atomic mass is 16.6. The summed E-state index contributed by atoms with van der Waals surface area (Å²) in [6.07, 6.45) is 16.0. The molecule has 2 saturated heterocycles. The highest BCUT2D eigenvalue weighted by Crippen LogP contribution is 2.37. The quantitative estimate of drug-likeness (QED) is 0.413. The molecule has 0 amide bonds. The molecular weight excluding hydrogens is 252 g/mol. The Balaban J connectivity index is 1.31. The van der Waals surface area contributed by atoms with E-state index < -0.39 is 0 Å². The van der Waals surface area contributed by atoms with Crippen LogP contribution >= 0.6 is 0 Å². The van der Waals surface area contributed by atoms with Gasteiger partial charge in [0.2, 0.25) is 0 Å². The number of ether oxygens (including phenoxy) is 2. The van der Waals surface area contributed by atoms with Gasteiger partial charge in [0, 0.05) is 6.42 Å². The number of epoxide rings is 2. The van der Waals surface area contributed by atoms with E-state index in [-0.39, 0.29) is 18.8 Å². The van der Waals surface area contributed by atoms with Crippen molar-refractivity contribution in [2.75, 3.05) is 6.61 Å². The molecule has 0 aromatic rings. The molecule has 1 N–H and O–H groups in total. The highest BCUT2D eigenvalue weighted by Gasteiger charge is 2.47. The fourth-order valence-electron chi connectivity index (χ4n) is 3.07. The molecule has 2 aliphatic rings. The molecule has 2 heterocycles. The van der Waals surface area contributed by atoms with Gasteiger partial charge < -0.3 is 14.6 Å². The number of rotatable bonds is 13. The maximum Gasteiger partial charge on any atom is 0.107 e. The SMILES string of the molecule is CCCCCCCCCCC[C@H]1O[C@H]1C[C@@H]1O[C@@H]1CO. The Kier molecular flexibility index (Phi) is 7.32. The minimum atomic E-state index is 0.104. The van der Waals surface area contributed by atoms with Gasteiger partial charge in [-0.3, -0.25) is 0 Å². The zero-order chi connectivity index (χ0) is 14.2. The summed E-state index contributed by atoms with van der Waals surface area (Å²) in [6, 6.07) is 0. The molecule has 3 heteroatoms. The Bertz CT molecular complexity index is 257. The predicted octanol–water partition coefficient (Wildman–Crippen LogP) is 3.82. The van der Waals surface area contributed by atoms with Crippen molar-refractivity contribution in [3.8, 4) is 0 Å². The maximum absolute atomic E-state index is 8.90. The molecule has 0 aliphatic carbocycles. The van der Waals surface area contributed by atoms with Crippen LogP contribution in [0, 0.1) is 0 Å². The van der Waals surface area contributed by atoms with Gasteiger partial charge in [0.1, 0.15) is 6.10 Å². The average Bonchev–Trinajstić information content (AvgIpc) is 3.36. The molecule has 0 spiro atoms. The van der Waals surface area contributed by atoms with Gasteiger partial charge in [0.25, 0.3) is 0 Å². The smallest absolute Gasteiger partial charge is 0.107 e. The molecule has 3 nitrogen and oxygen atoms in total. The minimum Gasteiger partial charge on any atom is -0.394 e. The van der Waals surface area contributed by atoms with Crippen LogP contribution in [0.3, 0.4) is 0 Å². The molecule has 0 aromatic carbocycles. The summed E-state index contributed by atoms with van der Waals surface area (Å²) in [6.45, 7) is 2.44. The van der Waals surface area contributed by atoms with Crippen molar-refractivity contribution in [2.24, 2.45) is 0 Å². The van der Waals surface area contributed by atoms with Gasteiger partial charge in [-0.2, -0.15) is 0 Å². The Hall–Kier alpha value is -0.120. The summed E-state index contributed by atoms with van der Waals surface area (Å²) in [7, 11) is 0. The molecule has 118 valence electrons. The minimum absolute atomic E-state index is 0.104. The third-order valence-corrected chi connectivity index (χ3v) is 4.61. The van der Waals surface area contributed by atoms with E-state index in [1.54, 1.807) is 0 Å². The average molecular weight is 284 g/mol. The lowest BCUT2D eigenvalue weighted by Gasteiger charge is -2.01. The Morgan fingerprint density at radius 3 is 1.85 bits per heavy atom. The summed E-state index contributed by atoms with van der Waals surface area (Å²) >= 11 is 0. The van der Waals surface area contributed by atoms with Gasteiger partial charge in [-0.25, -0.2) is 0 Å². The molecule has 20 heavy (non-hydrogen) atoms. The second-order valence-corrected chi connectivity index (χ2v) is 6.46. The molecule has 4 atom stereocenters. The Labute approximate surface area is 124 Å². The van der Waals surface area contributed by atoms with Gasteiger partial charge in [-0.05, 0) is 6.42 Å². The number of hydrogen-bond donors (Lipinski definition) is 1. The van der Waals surface area contributed by atoms with E-state index in [0.717, 1.165) is 6.42 Å². The van der Waals surface area contributed by atoms with E-state index >= 15 is 0 Å². The van der Waals surface area contributed by atoms with E-state index in [2.05, 4.69) is 6.92 Å². The van der Waals surface area contributed by atoms with Crippen molar-refractivity contribution in [1.29, 1.82) is 0 Å². The summed E-state index contributed by atoms with van der Waals surface area (Å²) < 4.78 is 11.0. The van der Waals surface area contributed by atoms with Crippen LogP contribution in [0.1, 0.15) is 77.6 Å². The first-order valence-electron chi connectivity index (χ1n) is 8.77. The third kappa shape index (κ3) is 6.11. The molecule has 2 aliphatic heterocycles. The lowest BCUT2D eigenvalue weighted by molar-refractivity contribution is 0.241. The summed E-state index contributed by atoms with van der Waals surface area (Å²) in [5.41, 5.74) is 0. The molecule has 0 radical (unpaired) electrons. The number of hydrogen-bond acceptors (Lipinski definition) is 3. The standard InChI is InChI=1S/C17H32O3/c1-2-3-4-5-6-7-8-9-10-11-14-15(19-14)12-16-17(13-18)20-16/h14-18H,2-13H2,1H3/t14-,15+,16+,17-/m1/s1. The van der Waals surface area contributed by atoms with Crippen LogP contribution in [0.2, 0.25) is 0 Å². The summed E-state index contributed by atoms with van der Waals surface area (Å²) in [5.74, 6) is 0. The van der Waals surface area contributed by atoms with Crippen LogP contribution in [0.4, 0.5) is 0 Å². The Morgan fingerprint density at radius 2 is 1.25 bits per heavy atom. The summed E-state index contributed by atoms with van der Waals surface area (Å²) in [4.78, 5) is 0. The van der Waals surface area contributed by atoms with E-state index in [4.69, 9.17) is 14.6 Å². The zero-order valence-corrected chi connectivity index (χ0v) is 13.1. The van der Waals surface area contributed by atoms with Crippen LogP contribution in [-0.4, -0.2) is 36.1 Å². The third-order valence-electron chi connectivity index (χ3n) is 4.61. The van der Waals surface area contributed by atoms with Crippen LogP contribution in [-0.2, 0) is 9.47 Å². The topological polar surface area (TPSA) is 45.3 Å². The van der Waals surface area contributed by atoms with Gasteiger partial charge in [-0.1, -0.05) is 64.7 Å². The van der Waals surface area contributed by atoms with Gasteiger partial charge >= 0.3 is 0 Å². The first-order chi connectivity index (χ1) is 9.85. The zero-order valence-electron chi connectivity index (χ0n) is 13.1. The van der Waals surface area contributed by atoms with Crippen molar-refractivity contribution in [3.05, 3.63) is 0 Å². The van der Waals surface area contributed by atoms with Crippen LogP contribution in [0.5, 0.6) is 0 Å². The second-order valence-electron chi connectivity index (χ2n) is 6.46. The molecule has 0 unspecified atom stereocenters. The van der Waals surface area contributed by atoms with Crippen molar-refractivity contribution >= 4 is 0 Å². The molecule has 0 saturated carbocycles. The number of aliphatic hydroxyl groups excluding tert-OH is 1. The first kappa shape index (κ1) is 16.3. The van der Waals surface area contributed by atoms with Crippen LogP contribution in [0.15, 0.2) is 0 Å². The molecule has 0 aromatic heterocycles. The van der Waals surface area contributed by atoms with E-state index in [0.29, 0.717) is 12.2 Å². The van der Waals surface area contributed by atoms with E-state index in [1.807, 2.05) is 0 Å². The second kappa shape index (κ2) is 9.01. The first-order valence-corrected chi connectivity index (χ1v) is 8.77. The van der Waals surface area contributed by atoms with E-state index in [9.17, 15) is 0 Å². The lowest BCUT2D eigenvalue weighted by Crippen LogP contribution is -2.04. The van der Waals surface area contributed by atoms with Crippen molar-refractivity contribution in [3.63, 3.8) is 0 Å². The van der Waals surface area contributed by atoms with Gasteiger partial charge in [-0.15, -0.1) is 0 Å². The largest absolute Gasteiger partial charge is 0.394 e. The highest BCUT2D eigenvalue weighted by molar-refractivity contribution is 4.94. The lowest BCUT2D eigenvalue weighted by atomic mass is 10.0. The fraction of sp³-hybridized carbons (Fsp3) is 1.00. The van der Waals surface area contributed by atoms with Crippen molar-refractivity contribution in [2.45, 2.75) is 102 Å². The molecule has 0 bridgehead atoms. The fourth-order valence-corrected chi connectivity index (χ4v) is 3.07. The molecular formula is C17H32O3. The Morgan fingerprint density at radius 1 is 0.700 bits per heavy atom. The van der Waals surface area contributed by atoms with Gasteiger partial charge in [0.15, 0.2) is 0 Å². The maximum atomic E-state index is 8.90. The number of unbranched alkanes of at least 4 members (excludes halogenated alkanes) is 8. The van der Waals surface area contributed by atoms with Crippen LogP contribution in [0.25, 0.3) is 0 Å². The van der Waals surface area contributed by atoms with Crippen molar-refractivity contribution in [1.82, 2.24) is 0 Å². The van der Waals surface area contributed by atoms with Crippen molar-refractivity contribution < 1.29 is 14.6 Å². The number of aliphatic hydroxyl groups is 1. The predicted molar refractivity (Wildman–Crippen MR) is 80.9 cm³/mol. The molecule has 2 rings (SSSR count). The van der Waals surface area contributed by atoms with Crippen LogP contribution < -0.4 is 0 Å². The monoisotopic (exact) mass is 284 g/mol.